The van der Waals surface area contributed by atoms with E-state index in [0.29, 0.717) is 0 Å². The maximum absolute atomic E-state index is 8.69. The highest BCUT2D eigenvalue weighted by molar-refractivity contribution is 5.49. The van der Waals surface area contributed by atoms with Gasteiger partial charge in [-0.15, -0.1) is 0 Å². The van der Waals surface area contributed by atoms with Crippen molar-refractivity contribution in [1.82, 2.24) is 5.32 Å². The van der Waals surface area contributed by atoms with Crippen LogP contribution in [-0.2, 0) is 6.42 Å². The highest BCUT2D eigenvalue weighted by Gasteiger charge is 2.10. The van der Waals surface area contributed by atoms with E-state index in [0.717, 1.165) is 49.4 Å². The Labute approximate surface area is 115 Å². The minimum absolute atomic E-state index is 0.271. The van der Waals surface area contributed by atoms with E-state index in [1.54, 1.807) is 14.2 Å². The summed E-state index contributed by atoms with van der Waals surface area (Å²) in [5.74, 6) is 1.77. The van der Waals surface area contributed by atoms with Crippen molar-refractivity contribution in [2.45, 2.75) is 26.2 Å². The summed E-state index contributed by atoms with van der Waals surface area (Å²) in [6.07, 6.45) is 2.79. The molecule has 0 aliphatic rings. The van der Waals surface area contributed by atoms with Gasteiger partial charge in [-0.2, -0.15) is 0 Å². The summed E-state index contributed by atoms with van der Waals surface area (Å²) in [7, 11) is 3.37. The maximum Gasteiger partial charge on any atom is 0.128 e. The SMILES string of the molecule is COc1ccc(CCNCCCCO)c(OC)c1C. The molecule has 0 fully saturated rings. The summed E-state index contributed by atoms with van der Waals surface area (Å²) in [4.78, 5) is 0. The predicted molar refractivity (Wildman–Crippen MR) is 77.2 cm³/mol. The molecule has 0 heterocycles. The van der Waals surface area contributed by atoms with Gasteiger partial charge in [-0.25, -0.2) is 0 Å². The largest absolute Gasteiger partial charge is 0.496 e. The van der Waals surface area contributed by atoms with E-state index in [4.69, 9.17) is 14.6 Å². The van der Waals surface area contributed by atoms with Gasteiger partial charge < -0.3 is 19.9 Å². The molecule has 1 aromatic rings. The highest BCUT2D eigenvalue weighted by atomic mass is 16.5. The molecule has 0 bridgehead atoms. The minimum atomic E-state index is 0.271. The second-order valence-electron chi connectivity index (χ2n) is 4.52. The average molecular weight is 267 g/mol. The fourth-order valence-corrected chi connectivity index (χ4v) is 2.14. The monoisotopic (exact) mass is 267 g/mol. The van der Waals surface area contributed by atoms with Crippen LogP contribution in [0.2, 0.25) is 0 Å². The Morgan fingerprint density at radius 1 is 1.11 bits per heavy atom. The Kier molecular flexibility index (Phi) is 7.30. The van der Waals surface area contributed by atoms with E-state index in [1.807, 2.05) is 13.0 Å². The number of rotatable bonds is 9. The normalized spacial score (nSPS) is 10.5. The summed E-state index contributed by atoms with van der Waals surface area (Å²) in [6.45, 7) is 4.13. The molecule has 1 rings (SSSR count). The second kappa shape index (κ2) is 8.77. The fourth-order valence-electron chi connectivity index (χ4n) is 2.14. The van der Waals surface area contributed by atoms with Crippen LogP contribution in [0.3, 0.4) is 0 Å². The molecular formula is C15H25NO3. The number of hydrogen-bond acceptors (Lipinski definition) is 4. The number of aliphatic hydroxyl groups is 1. The zero-order valence-corrected chi connectivity index (χ0v) is 12.2. The van der Waals surface area contributed by atoms with Gasteiger partial charge in [-0.05, 0) is 50.9 Å². The van der Waals surface area contributed by atoms with Crippen LogP contribution in [0.5, 0.6) is 11.5 Å². The zero-order chi connectivity index (χ0) is 14.1. The molecule has 1 aromatic carbocycles. The Hall–Kier alpha value is -1.26. The predicted octanol–water partition coefficient (Wildman–Crippen LogP) is 1.92. The molecule has 4 nitrogen and oxygen atoms in total. The minimum Gasteiger partial charge on any atom is -0.496 e. The molecule has 19 heavy (non-hydrogen) atoms. The first-order valence-electron chi connectivity index (χ1n) is 6.76. The molecule has 0 aromatic heterocycles. The molecular weight excluding hydrogens is 242 g/mol. The molecule has 0 saturated carbocycles. The number of hydrogen-bond donors (Lipinski definition) is 2. The van der Waals surface area contributed by atoms with Gasteiger partial charge in [0.05, 0.1) is 14.2 Å². The van der Waals surface area contributed by atoms with Crippen LogP contribution in [0.4, 0.5) is 0 Å². The van der Waals surface area contributed by atoms with Gasteiger partial charge in [-0.1, -0.05) is 6.07 Å². The second-order valence-corrected chi connectivity index (χ2v) is 4.52. The van der Waals surface area contributed by atoms with Gasteiger partial charge in [0.25, 0.3) is 0 Å². The van der Waals surface area contributed by atoms with Gasteiger partial charge in [0.2, 0.25) is 0 Å². The number of aliphatic hydroxyl groups excluding tert-OH is 1. The summed E-state index contributed by atoms with van der Waals surface area (Å²) in [5.41, 5.74) is 2.23. The zero-order valence-electron chi connectivity index (χ0n) is 12.2. The summed E-state index contributed by atoms with van der Waals surface area (Å²) >= 11 is 0. The highest BCUT2D eigenvalue weighted by Crippen LogP contribution is 2.31. The number of nitrogens with one attached hydrogen (secondary N) is 1. The molecule has 4 heteroatoms. The molecule has 0 atom stereocenters. The van der Waals surface area contributed by atoms with Crippen LogP contribution in [0, 0.1) is 6.92 Å². The van der Waals surface area contributed by atoms with E-state index in [9.17, 15) is 0 Å². The van der Waals surface area contributed by atoms with Gasteiger partial charge in [-0.3, -0.25) is 0 Å². The summed E-state index contributed by atoms with van der Waals surface area (Å²) in [5, 5.41) is 12.1. The third-order valence-electron chi connectivity index (χ3n) is 3.19. The fraction of sp³-hybridized carbons (Fsp3) is 0.600. The van der Waals surface area contributed by atoms with Crippen molar-refractivity contribution >= 4 is 0 Å². The Morgan fingerprint density at radius 2 is 1.89 bits per heavy atom. The van der Waals surface area contributed by atoms with E-state index in [-0.39, 0.29) is 6.61 Å². The number of unbranched alkanes of at least 4 members (excludes halogenated alkanes) is 1. The maximum atomic E-state index is 8.69. The van der Waals surface area contributed by atoms with Crippen LogP contribution >= 0.6 is 0 Å². The van der Waals surface area contributed by atoms with Crippen LogP contribution < -0.4 is 14.8 Å². The first-order valence-corrected chi connectivity index (χ1v) is 6.76. The Balaban J connectivity index is 2.51. The third-order valence-corrected chi connectivity index (χ3v) is 3.19. The molecule has 0 aliphatic heterocycles. The lowest BCUT2D eigenvalue weighted by atomic mass is 10.1. The average Bonchev–Trinajstić information content (AvgIpc) is 2.43. The molecule has 0 radical (unpaired) electrons. The standard InChI is InChI=1S/C15H25NO3/c1-12-14(18-2)7-6-13(15(12)19-3)8-10-16-9-4-5-11-17/h6-7,16-17H,4-5,8-11H2,1-3H3. The molecule has 0 unspecified atom stereocenters. The molecule has 0 amide bonds. The van der Waals surface area contributed by atoms with Gasteiger partial charge in [0.15, 0.2) is 0 Å². The van der Waals surface area contributed by atoms with Crippen LogP contribution in [0.1, 0.15) is 24.0 Å². The Morgan fingerprint density at radius 3 is 2.53 bits per heavy atom. The smallest absolute Gasteiger partial charge is 0.128 e. The molecule has 0 aliphatic carbocycles. The van der Waals surface area contributed by atoms with E-state index >= 15 is 0 Å². The van der Waals surface area contributed by atoms with Crippen molar-refractivity contribution in [3.63, 3.8) is 0 Å². The number of methoxy groups -OCH3 is 2. The van der Waals surface area contributed by atoms with E-state index in [2.05, 4.69) is 11.4 Å². The van der Waals surface area contributed by atoms with Crippen molar-refractivity contribution in [1.29, 1.82) is 0 Å². The lowest BCUT2D eigenvalue weighted by molar-refractivity contribution is 0.284. The Bertz CT molecular complexity index is 380. The molecule has 0 saturated heterocycles. The molecule has 108 valence electrons. The van der Waals surface area contributed by atoms with Gasteiger partial charge in [0, 0.05) is 12.2 Å². The van der Waals surface area contributed by atoms with Crippen molar-refractivity contribution in [3.05, 3.63) is 23.3 Å². The third kappa shape index (κ3) is 4.73. The van der Waals surface area contributed by atoms with E-state index in [1.165, 1.54) is 5.56 Å². The van der Waals surface area contributed by atoms with Gasteiger partial charge >= 0.3 is 0 Å². The number of ether oxygens (including phenoxy) is 2. The van der Waals surface area contributed by atoms with Crippen LogP contribution in [0.15, 0.2) is 12.1 Å². The van der Waals surface area contributed by atoms with Crippen LogP contribution in [0.25, 0.3) is 0 Å². The first kappa shape index (κ1) is 15.8. The summed E-state index contributed by atoms with van der Waals surface area (Å²) in [6, 6.07) is 4.04. The lowest BCUT2D eigenvalue weighted by Gasteiger charge is -2.14. The quantitative estimate of drug-likeness (QED) is 0.671. The molecule has 0 spiro atoms. The number of benzene rings is 1. The van der Waals surface area contributed by atoms with E-state index < -0.39 is 0 Å². The lowest BCUT2D eigenvalue weighted by Crippen LogP contribution is -2.19. The van der Waals surface area contributed by atoms with Crippen molar-refractivity contribution in [2.75, 3.05) is 33.9 Å². The van der Waals surface area contributed by atoms with Crippen molar-refractivity contribution < 1.29 is 14.6 Å². The van der Waals surface area contributed by atoms with Crippen molar-refractivity contribution in [3.8, 4) is 11.5 Å². The topological polar surface area (TPSA) is 50.7 Å². The summed E-state index contributed by atoms with van der Waals surface area (Å²) < 4.78 is 10.8. The molecule has 2 N–H and O–H groups in total. The van der Waals surface area contributed by atoms with Gasteiger partial charge in [0.1, 0.15) is 11.5 Å². The first-order chi connectivity index (χ1) is 9.24. The van der Waals surface area contributed by atoms with Crippen molar-refractivity contribution in [2.24, 2.45) is 0 Å². The van der Waals surface area contributed by atoms with Crippen LogP contribution in [-0.4, -0.2) is 39.0 Å².